The molecular weight excluding hydrogens is 252 g/mol. The van der Waals surface area contributed by atoms with Crippen molar-refractivity contribution in [1.82, 2.24) is 4.90 Å². The van der Waals surface area contributed by atoms with Crippen LogP contribution in [0.4, 0.5) is 0 Å². The zero-order valence-electron chi connectivity index (χ0n) is 12.6. The Hall–Kier alpha value is -1.55. The van der Waals surface area contributed by atoms with E-state index in [0.29, 0.717) is 6.54 Å². The largest absolute Gasteiger partial charge is 0.497 e. The Kier molecular flexibility index (Phi) is 4.33. The fourth-order valence-corrected chi connectivity index (χ4v) is 2.71. The third kappa shape index (κ3) is 2.96. The van der Waals surface area contributed by atoms with Crippen molar-refractivity contribution in [3.05, 3.63) is 29.8 Å². The second-order valence-corrected chi connectivity index (χ2v) is 6.02. The minimum Gasteiger partial charge on any atom is -0.497 e. The summed E-state index contributed by atoms with van der Waals surface area (Å²) in [4.78, 5) is 14.5. The number of rotatable bonds is 4. The summed E-state index contributed by atoms with van der Waals surface area (Å²) in [5.41, 5.74) is 6.87. The molecule has 4 heteroatoms. The highest BCUT2D eigenvalue weighted by Crippen LogP contribution is 2.31. The van der Waals surface area contributed by atoms with Crippen LogP contribution in [0.2, 0.25) is 0 Å². The van der Waals surface area contributed by atoms with Gasteiger partial charge in [-0.2, -0.15) is 0 Å². The Labute approximate surface area is 120 Å². The Morgan fingerprint density at radius 2 is 2.30 bits per heavy atom. The van der Waals surface area contributed by atoms with Gasteiger partial charge >= 0.3 is 0 Å². The summed E-state index contributed by atoms with van der Waals surface area (Å²) in [6, 6.07) is 7.72. The van der Waals surface area contributed by atoms with Crippen LogP contribution >= 0.6 is 0 Å². The minimum atomic E-state index is -0.148. The van der Waals surface area contributed by atoms with Crippen molar-refractivity contribution in [3.63, 3.8) is 0 Å². The monoisotopic (exact) mass is 276 g/mol. The maximum Gasteiger partial charge on any atom is 0.229 e. The molecule has 0 spiro atoms. The van der Waals surface area contributed by atoms with Gasteiger partial charge in [-0.3, -0.25) is 4.79 Å². The van der Waals surface area contributed by atoms with E-state index in [1.54, 1.807) is 7.11 Å². The van der Waals surface area contributed by atoms with Gasteiger partial charge < -0.3 is 15.4 Å². The van der Waals surface area contributed by atoms with E-state index in [9.17, 15) is 4.79 Å². The van der Waals surface area contributed by atoms with E-state index in [1.807, 2.05) is 36.1 Å². The van der Waals surface area contributed by atoms with Crippen molar-refractivity contribution in [2.75, 3.05) is 26.7 Å². The highest BCUT2D eigenvalue weighted by atomic mass is 16.5. The molecule has 1 aromatic rings. The van der Waals surface area contributed by atoms with Crippen LogP contribution in [-0.4, -0.2) is 37.6 Å². The first-order valence-corrected chi connectivity index (χ1v) is 7.12. The number of methoxy groups -OCH3 is 1. The topological polar surface area (TPSA) is 55.6 Å². The molecule has 2 rings (SSSR count). The van der Waals surface area contributed by atoms with Crippen LogP contribution < -0.4 is 10.5 Å². The van der Waals surface area contributed by atoms with Crippen molar-refractivity contribution in [3.8, 4) is 5.75 Å². The van der Waals surface area contributed by atoms with Crippen LogP contribution in [0.3, 0.4) is 0 Å². The number of amides is 1. The van der Waals surface area contributed by atoms with Crippen molar-refractivity contribution in [2.45, 2.75) is 26.2 Å². The van der Waals surface area contributed by atoms with Crippen LogP contribution in [0.5, 0.6) is 5.75 Å². The molecule has 0 radical (unpaired) electrons. The Bertz CT molecular complexity index is 489. The number of nitrogens with zero attached hydrogens (tertiary/aromatic N) is 1. The van der Waals surface area contributed by atoms with E-state index >= 15 is 0 Å². The summed E-state index contributed by atoms with van der Waals surface area (Å²) in [7, 11) is 1.64. The number of likely N-dealkylation sites (tertiary alicyclic amines) is 1. The lowest BCUT2D eigenvalue weighted by atomic mass is 9.90. The Morgan fingerprint density at radius 1 is 1.55 bits per heavy atom. The predicted octanol–water partition coefficient (Wildman–Crippen LogP) is 2.00. The zero-order valence-corrected chi connectivity index (χ0v) is 12.6. The normalized spacial score (nSPS) is 23.7. The fraction of sp³-hybridized carbons (Fsp3) is 0.562. The molecule has 1 aliphatic rings. The summed E-state index contributed by atoms with van der Waals surface area (Å²) in [6.45, 7) is 6.30. The average molecular weight is 276 g/mol. The fourth-order valence-electron chi connectivity index (χ4n) is 2.71. The maximum atomic E-state index is 12.6. The molecule has 1 fully saturated rings. The number of carbonyl (C=O) groups is 1. The first kappa shape index (κ1) is 14.9. The lowest BCUT2D eigenvalue weighted by molar-refractivity contribution is -0.131. The van der Waals surface area contributed by atoms with Crippen LogP contribution in [0.15, 0.2) is 24.3 Å². The van der Waals surface area contributed by atoms with Crippen LogP contribution in [0.25, 0.3) is 0 Å². The molecule has 1 aromatic carbocycles. The summed E-state index contributed by atoms with van der Waals surface area (Å²) in [5, 5.41) is 0. The average Bonchev–Trinajstić information content (AvgIpc) is 2.89. The molecule has 2 atom stereocenters. The smallest absolute Gasteiger partial charge is 0.229 e. The van der Waals surface area contributed by atoms with E-state index < -0.39 is 0 Å². The SMILES string of the molecule is COc1cccc(C(C)C(=O)N2CCC(C)(CN)C2)c1. The second-order valence-electron chi connectivity index (χ2n) is 6.02. The van der Waals surface area contributed by atoms with E-state index in [1.165, 1.54) is 0 Å². The van der Waals surface area contributed by atoms with Gasteiger partial charge in [0.15, 0.2) is 0 Å². The second kappa shape index (κ2) is 5.83. The molecule has 1 aliphatic heterocycles. The predicted molar refractivity (Wildman–Crippen MR) is 79.8 cm³/mol. The molecule has 110 valence electrons. The highest BCUT2D eigenvalue weighted by molar-refractivity contribution is 5.83. The van der Waals surface area contributed by atoms with Crippen molar-refractivity contribution < 1.29 is 9.53 Å². The molecule has 2 N–H and O–H groups in total. The van der Waals surface area contributed by atoms with Gasteiger partial charge in [0.05, 0.1) is 13.0 Å². The van der Waals surface area contributed by atoms with Gasteiger partial charge in [-0.1, -0.05) is 19.1 Å². The zero-order chi connectivity index (χ0) is 14.8. The van der Waals surface area contributed by atoms with Crippen molar-refractivity contribution >= 4 is 5.91 Å². The molecule has 0 saturated carbocycles. The van der Waals surface area contributed by atoms with Gasteiger partial charge in [-0.15, -0.1) is 0 Å². The van der Waals surface area contributed by atoms with Gasteiger partial charge in [0.2, 0.25) is 5.91 Å². The third-order valence-corrected chi connectivity index (χ3v) is 4.33. The third-order valence-electron chi connectivity index (χ3n) is 4.33. The van der Waals surface area contributed by atoms with Crippen LogP contribution in [0, 0.1) is 5.41 Å². The molecule has 1 amide bonds. The van der Waals surface area contributed by atoms with Gasteiger partial charge in [0.1, 0.15) is 5.75 Å². The number of hydrogen-bond donors (Lipinski definition) is 1. The minimum absolute atomic E-state index is 0.0732. The Balaban J connectivity index is 2.09. The lowest BCUT2D eigenvalue weighted by Crippen LogP contribution is -2.36. The molecule has 1 saturated heterocycles. The summed E-state index contributed by atoms with van der Waals surface area (Å²) in [6.07, 6.45) is 0.986. The quantitative estimate of drug-likeness (QED) is 0.915. The summed E-state index contributed by atoms with van der Waals surface area (Å²) < 4.78 is 5.22. The molecular formula is C16H24N2O2. The molecule has 0 bridgehead atoms. The van der Waals surface area contributed by atoms with Crippen molar-refractivity contribution in [2.24, 2.45) is 11.1 Å². The molecule has 20 heavy (non-hydrogen) atoms. The van der Waals surface area contributed by atoms with Crippen LogP contribution in [0.1, 0.15) is 31.7 Å². The number of hydrogen-bond acceptors (Lipinski definition) is 3. The molecule has 1 heterocycles. The number of carbonyl (C=O) groups excluding carboxylic acids is 1. The number of benzene rings is 1. The van der Waals surface area contributed by atoms with E-state index in [-0.39, 0.29) is 17.2 Å². The molecule has 0 aliphatic carbocycles. The van der Waals surface area contributed by atoms with Gasteiger partial charge in [-0.05, 0) is 43.0 Å². The maximum absolute atomic E-state index is 12.6. The molecule has 2 unspecified atom stereocenters. The molecule has 0 aromatic heterocycles. The van der Waals surface area contributed by atoms with E-state index in [0.717, 1.165) is 30.8 Å². The van der Waals surface area contributed by atoms with Gasteiger partial charge in [-0.25, -0.2) is 0 Å². The number of nitrogens with two attached hydrogens (primary N) is 1. The summed E-state index contributed by atoms with van der Waals surface area (Å²) >= 11 is 0. The summed E-state index contributed by atoms with van der Waals surface area (Å²) in [5.74, 6) is 0.816. The standard InChI is InChI=1S/C16H24N2O2/c1-12(13-5-4-6-14(9-13)20-3)15(19)18-8-7-16(2,10-17)11-18/h4-6,9,12H,7-8,10-11,17H2,1-3H3. The first-order chi connectivity index (χ1) is 9.49. The van der Waals surface area contributed by atoms with Gasteiger partial charge in [0, 0.05) is 13.1 Å². The van der Waals surface area contributed by atoms with Gasteiger partial charge in [0.25, 0.3) is 0 Å². The lowest BCUT2D eigenvalue weighted by Gasteiger charge is -2.25. The van der Waals surface area contributed by atoms with Crippen molar-refractivity contribution in [1.29, 1.82) is 0 Å². The number of ether oxygens (including phenoxy) is 1. The van der Waals surface area contributed by atoms with E-state index in [4.69, 9.17) is 10.5 Å². The Morgan fingerprint density at radius 3 is 2.90 bits per heavy atom. The first-order valence-electron chi connectivity index (χ1n) is 7.12. The van der Waals surface area contributed by atoms with E-state index in [2.05, 4.69) is 6.92 Å². The highest BCUT2D eigenvalue weighted by Gasteiger charge is 2.36. The molecule has 4 nitrogen and oxygen atoms in total. The van der Waals surface area contributed by atoms with Crippen LogP contribution in [-0.2, 0) is 4.79 Å².